The Morgan fingerprint density at radius 1 is 1.13 bits per heavy atom. The summed E-state index contributed by atoms with van der Waals surface area (Å²) in [5.74, 6) is -0.154. The SMILES string of the molecule is CCC[C@@H](C)NC(=O)COC(=O)COc1c(C)cc(C)cc1C. The molecule has 0 aliphatic carbocycles. The third-order valence-electron chi connectivity index (χ3n) is 3.43. The van der Waals surface area contributed by atoms with E-state index in [0.717, 1.165) is 29.5 Å². The lowest BCUT2D eigenvalue weighted by molar-refractivity contribution is -0.150. The van der Waals surface area contributed by atoms with Gasteiger partial charge in [-0.3, -0.25) is 4.79 Å². The summed E-state index contributed by atoms with van der Waals surface area (Å²) in [6.07, 6.45) is 1.89. The summed E-state index contributed by atoms with van der Waals surface area (Å²) in [4.78, 5) is 23.3. The van der Waals surface area contributed by atoms with Crippen LogP contribution in [0.2, 0.25) is 0 Å². The van der Waals surface area contributed by atoms with Crippen molar-refractivity contribution in [2.24, 2.45) is 0 Å². The molecule has 0 spiro atoms. The number of hydrogen-bond acceptors (Lipinski definition) is 4. The van der Waals surface area contributed by atoms with Gasteiger partial charge in [0.25, 0.3) is 5.91 Å². The molecule has 5 heteroatoms. The van der Waals surface area contributed by atoms with Crippen molar-refractivity contribution < 1.29 is 19.1 Å². The zero-order valence-corrected chi connectivity index (χ0v) is 14.7. The fourth-order valence-electron chi connectivity index (χ4n) is 2.53. The molecule has 23 heavy (non-hydrogen) atoms. The van der Waals surface area contributed by atoms with Crippen LogP contribution in [0.5, 0.6) is 5.75 Å². The molecular formula is C18H27NO4. The van der Waals surface area contributed by atoms with Gasteiger partial charge in [-0.25, -0.2) is 4.79 Å². The molecule has 0 unspecified atom stereocenters. The van der Waals surface area contributed by atoms with E-state index in [9.17, 15) is 9.59 Å². The molecule has 1 rings (SSSR count). The van der Waals surface area contributed by atoms with Crippen LogP contribution in [0.3, 0.4) is 0 Å². The summed E-state index contributed by atoms with van der Waals surface area (Å²) in [5, 5.41) is 2.78. The van der Waals surface area contributed by atoms with Crippen LogP contribution in [0, 0.1) is 20.8 Å². The number of aryl methyl sites for hydroxylation is 3. The molecule has 0 fully saturated rings. The molecule has 128 valence electrons. The summed E-state index contributed by atoms with van der Waals surface area (Å²) in [6, 6.07) is 4.08. The zero-order chi connectivity index (χ0) is 17.4. The highest BCUT2D eigenvalue weighted by molar-refractivity contribution is 5.81. The summed E-state index contributed by atoms with van der Waals surface area (Å²) in [6.45, 7) is 9.37. The van der Waals surface area contributed by atoms with Gasteiger partial charge in [0.2, 0.25) is 0 Å². The minimum absolute atomic E-state index is 0.0836. The van der Waals surface area contributed by atoms with Crippen LogP contribution in [-0.4, -0.2) is 31.1 Å². The van der Waals surface area contributed by atoms with Gasteiger partial charge in [-0.15, -0.1) is 0 Å². The maximum absolute atomic E-state index is 11.7. The predicted molar refractivity (Wildman–Crippen MR) is 89.6 cm³/mol. The monoisotopic (exact) mass is 321 g/mol. The third kappa shape index (κ3) is 6.72. The first-order valence-corrected chi connectivity index (χ1v) is 7.99. The Balaban J connectivity index is 2.39. The molecule has 1 amide bonds. The van der Waals surface area contributed by atoms with Gasteiger partial charge in [0.1, 0.15) is 5.75 Å². The van der Waals surface area contributed by atoms with Crippen molar-refractivity contribution in [2.75, 3.05) is 13.2 Å². The van der Waals surface area contributed by atoms with Gasteiger partial charge in [-0.1, -0.05) is 31.0 Å². The second-order valence-electron chi connectivity index (χ2n) is 5.93. The number of esters is 1. The van der Waals surface area contributed by atoms with Gasteiger partial charge in [-0.2, -0.15) is 0 Å². The van der Waals surface area contributed by atoms with Crippen molar-refractivity contribution in [1.29, 1.82) is 0 Å². The maximum Gasteiger partial charge on any atom is 0.344 e. The Kier molecular flexibility index (Phi) is 7.59. The molecule has 5 nitrogen and oxygen atoms in total. The predicted octanol–water partition coefficient (Wildman–Crippen LogP) is 2.84. The Morgan fingerprint density at radius 2 is 1.74 bits per heavy atom. The van der Waals surface area contributed by atoms with Gasteiger partial charge in [-0.05, 0) is 45.2 Å². The van der Waals surface area contributed by atoms with Gasteiger partial charge < -0.3 is 14.8 Å². The summed E-state index contributed by atoms with van der Waals surface area (Å²) >= 11 is 0. The normalized spacial score (nSPS) is 11.7. The van der Waals surface area contributed by atoms with Crippen LogP contribution >= 0.6 is 0 Å². The minimum Gasteiger partial charge on any atom is -0.481 e. The fraction of sp³-hybridized carbons (Fsp3) is 0.556. The first-order valence-electron chi connectivity index (χ1n) is 7.99. The Bertz CT molecular complexity index is 531. The van der Waals surface area contributed by atoms with E-state index in [4.69, 9.17) is 9.47 Å². The molecule has 0 saturated carbocycles. The van der Waals surface area contributed by atoms with Crippen molar-refractivity contribution >= 4 is 11.9 Å². The smallest absolute Gasteiger partial charge is 0.344 e. The molecule has 0 bridgehead atoms. The van der Waals surface area contributed by atoms with E-state index in [1.165, 1.54) is 0 Å². The van der Waals surface area contributed by atoms with E-state index in [1.807, 2.05) is 39.8 Å². The first-order chi connectivity index (χ1) is 10.8. The Morgan fingerprint density at radius 3 is 2.30 bits per heavy atom. The van der Waals surface area contributed by atoms with E-state index in [1.54, 1.807) is 0 Å². The highest BCUT2D eigenvalue weighted by Crippen LogP contribution is 2.24. The third-order valence-corrected chi connectivity index (χ3v) is 3.43. The molecule has 0 aromatic heterocycles. The van der Waals surface area contributed by atoms with E-state index in [0.29, 0.717) is 5.75 Å². The molecule has 0 aliphatic rings. The molecule has 1 aromatic rings. The van der Waals surface area contributed by atoms with E-state index >= 15 is 0 Å². The summed E-state index contributed by atoms with van der Waals surface area (Å²) in [5.41, 5.74) is 3.09. The number of amides is 1. The van der Waals surface area contributed by atoms with Crippen LogP contribution < -0.4 is 10.1 Å². The summed E-state index contributed by atoms with van der Waals surface area (Å²) < 4.78 is 10.5. The number of nitrogens with one attached hydrogen (secondary N) is 1. The van der Waals surface area contributed by atoms with Gasteiger partial charge in [0.05, 0.1) is 0 Å². The number of rotatable bonds is 8. The average Bonchev–Trinajstić information content (AvgIpc) is 2.44. The van der Waals surface area contributed by atoms with Crippen LogP contribution in [0.15, 0.2) is 12.1 Å². The second-order valence-corrected chi connectivity index (χ2v) is 5.93. The number of carbonyl (C=O) groups excluding carboxylic acids is 2. The number of hydrogen-bond donors (Lipinski definition) is 1. The zero-order valence-electron chi connectivity index (χ0n) is 14.7. The molecule has 0 saturated heterocycles. The molecule has 0 heterocycles. The molecule has 1 atom stereocenters. The lowest BCUT2D eigenvalue weighted by Crippen LogP contribution is -2.36. The lowest BCUT2D eigenvalue weighted by atomic mass is 10.1. The highest BCUT2D eigenvalue weighted by Gasteiger charge is 2.12. The van der Waals surface area contributed by atoms with Gasteiger partial charge in [0, 0.05) is 6.04 Å². The second kappa shape index (κ2) is 9.18. The highest BCUT2D eigenvalue weighted by atomic mass is 16.6. The van der Waals surface area contributed by atoms with Gasteiger partial charge >= 0.3 is 5.97 Å². The van der Waals surface area contributed by atoms with E-state index in [-0.39, 0.29) is 25.2 Å². The Hall–Kier alpha value is -2.04. The van der Waals surface area contributed by atoms with Crippen molar-refractivity contribution in [3.63, 3.8) is 0 Å². The Labute approximate surface area is 138 Å². The first kappa shape index (κ1) is 19.0. The maximum atomic E-state index is 11.7. The fourth-order valence-corrected chi connectivity index (χ4v) is 2.53. The molecule has 0 radical (unpaired) electrons. The van der Waals surface area contributed by atoms with Crippen molar-refractivity contribution in [3.05, 3.63) is 28.8 Å². The van der Waals surface area contributed by atoms with E-state index < -0.39 is 5.97 Å². The number of carbonyl (C=O) groups is 2. The van der Waals surface area contributed by atoms with Gasteiger partial charge in [0.15, 0.2) is 13.2 Å². The topological polar surface area (TPSA) is 64.6 Å². The molecular weight excluding hydrogens is 294 g/mol. The minimum atomic E-state index is -0.553. The number of benzene rings is 1. The lowest BCUT2D eigenvalue weighted by Gasteiger charge is -2.14. The molecule has 0 aliphatic heterocycles. The van der Waals surface area contributed by atoms with Crippen LogP contribution in [0.4, 0.5) is 0 Å². The van der Waals surface area contributed by atoms with Crippen molar-refractivity contribution in [3.8, 4) is 5.75 Å². The standard InChI is InChI=1S/C18H27NO4/c1-6-7-15(5)19-16(20)10-22-17(21)11-23-18-13(3)8-12(2)9-14(18)4/h8-9,15H,6-7,10-11H2,1-5H3,(H,19,20)/t15-/m1/s1. The largest absolute Gasteiger partial charge is 0.481 e. The van der Waals surface area contributed by atoms with Crippen LogP contribution in [0.25, 0.3) is 0 Å². The van der Waals surface area contributed by atoms with Crippen LogP contribution in [0.1, 0.15) is 43.4 Å². The molecule has 1 N–H and O–H groups in total. The van der Waals surface area contributed by atoms with Crippen molar-refractivity contribution in [1.82, 2.24) is 5.32 Å². The van der Waals surface area contributed by atoms with E-state index in [2.05, 4.69) is 12.2 Å². The summed E-state index contributed by atoms with van der Waals surface area (Å²) in [7, 11) is 0. The average molecular weight is 321 g/mol. The van der Waals surface area contributed by atoms with Crippen molar-refractivity contribution in [2.45, 2.75) is 53.5 Å². The molecule has 1 aromatic carbocycles. The quantitative estimate of drug-likeness (QED) is 0.748. The number of ether oxygens (including phenoxy) is 2. The van der Waals surface area contributed by atoms with Crippen LogP contribution in [-0.2, 0) is 14.3 Å².